The average molecular weight is 421 g/mol. The molecule has 3 aromatic rings. The van der Waals surface area contributed by atoms with Crippen molar-refractivity contribution in [3.8, 4) is 5.69 Å². The number of hydrogen-bond acceptors (Lipinski definition) is 4. The molecule has 1 aliphatic rings. The van der Waals surface area contributed by atoms with Gasteiger partial charge in [0, 0.05) is 11.6 Å². The Hall–Kier alpha value is -2.60. The van der Waals surface area contributed by atoms with Crippen LogP contribution in [0.5, 0.6) is 0 Å². The number of hydrogen-bond donors (Lipinski definition) is 1. The van der Waals surface area contributed by atoms with Crippen molar-refractivity contribution in [2.45, 2.75) is 62.8 Å². The number of anilines is 1. The number of benzene rings is 2. The summed E-state index contributed by atoms with van der Waals surface area (Å²) in [5, 5.41) is 8.22. The molecule has 0 unspecified atom stereocenters. The smallest absolute Gasteiger partial charge is 0.237 e. The summed E-state index contributed by atoms with van der Waals surface area (Å²) in [6, 6.07) is 16.2. The van der Waals surface area contributed by atoms with Crippen molar-refractivity contribution in [3.63, 3.8) is 0 Å². The van der Waals surface area contributed by atoms with E-state index in [-0.39, 0.29) is 11.2 Å². The predicted molar refractivity (Wildman–Crippen MR) is 123 cm³/mol. The van der Waals surface area contributed by atoms with Gasteiger partial charge in [-0.25, -0.2) is 9.67 Å². The molecule has 1 amide bonds. The molecule has 0 bridgehead atoms. The first kappa shape index (κ1) is 20.7. The summed E-state index contributed by atoms with van der Waals surface area (Å²) in [5.74, 6) is 1.78. The van der Waals surface area contributed by atoms with Gasteiger partial charge >= 0.3 is 0 Å². The summed E-state index contributed by atoms with van der Waals surface area (Å²) in [6.07, 6.45) is 2.30. The number of thioether (sulfide) groups is 1. The molecule has 1 N–H and O–H groups in total. The number of carbonyl (C=O) groups excluding carboxylic acids is 1. The van der Waals surface area contributed by atoms with Crippen LogP contribution in [0.3, 0.4) is 0 Å². The van der Waals surface area contributed by atoms with Gasteiger partial charge < -0.3 is 5.32 Å². The summed E-state index contributed by atoms with van der Waals surface area (Å²) >= 11 is 1.41. The van der Waals surface area contributed by atoms with Crippen LogP contribution < -0.4 is 5.32 Å². The first-order valence-electron chi connectivity index (χ1n) is 10.5. The summed E-state index contributed by atoms with van der Waals surface area (Å²) in [5.41, 5.74) is 4.17. The van der Waals surface area contributed by atoms with Crippen LogP contribution >= 0.6 is 11.8 Å². The fraction of sp³-hybridized carbons (Fsp3) is 0.375. The third kappa shape index (κ3) is 4.43. The molecule has 0 aliphatic heterocycles. The van der Waals surface area contributed by atoms with Crippen molar-refractivity contribution in [2.75, 3.05) is 5.32 Å². The average Bonchev–Trinajstić information content (AvgIpc) is 3.50. The molecule has 6 heteroatoms. The molecule has 1 fully saturated rings. The van der Waals surface area contributed by atoms with E-state index < -0.39 is 0 Å². The Morgan fingerprint density at radius 2 is 1.83 bits per heavy atom. The van der Waals surface area contributed by atoms with Crippen LogP contribution in [0.2, 0.25) is 0 Å². The highest BCUT2D eigenvalue weighted by Crippen LogP contribution is 2.40. The quantitative estimate of drug-likeness (QED) is 0.498. The van der Waals surface area contributed by atoms with Crippen molar-refractivity contribution in [1.29, 1.82) is 0 Å². The van der Waals surface area contributed by atoms with Crippen LogP contribution in [0.1, 0.15) is 62.4 Å². The van der Waals surface area contributed by atoms with Gasteiger partial charge in [0.1, 0.15) is 5.82 Å². The minimum Gasteiger partial charge on any atom is -0.325 e. The second-order valence-corrected chi connectivity index (χ2v) is 9.53. The fourth-order valence-electron chi connectivity index (χ4n) is 3.50. The lowest BCUT2D eigenvalue weighted by atomic mass is 9.98. The zero-order valence-electron chi connectivity index (χ0n) is 17.9. The van der Waals surface area contributed by atoms with E-state index >= 15 is 0 Å². The Bertz CT molecular complexity index is 1040. The van der Waals surface area contributed by atoms with Gasteiger partial charge in [0.2, 0.25) is 11.1 Å². The Labute approximate surface area is 182 Å². The molecule has 156 valence electrons. The van der Waals surface area contributed by atoms with Gasteiger partial charge in [0.05, 0.1) is 10.9 Å². The molecule has 1 aromatic heterocycles. The monoisotopic (exact) mass is 420 g/mol. The highest BCUT2D eigenvalue weighted by Gasteiger charge is 2.31. The van der Waals surface area contributed by atoms with E-state index in [0.717, 1.165) is 41.2 Å². The third-order valence-corrected chi connectivity index (χ3v) is 6.33. The molecule has 0 spiro atoms. The minimum atomic E-state index is -0.303. The fourth-order valence-corrected chi connectivity index (χ4v) is 4.26. The zero-order chi connectivity index (χ0) is 21.3. The molecule has 1 atom stereocenters. The SMILES string of the molecule is Cc1cccc(C(C)C)c1NC(=O)[C@@H](C)Sc1nc(C2CC2)n(-c2ccccc2)n1. The number of amides is 1. The van der Waals surface area contributed by atoms with E-state index in [1.165, 1.54) is 11.8 Å². The van der Waals surface area contributed by atoms with Crippen LogP contribution in [0.4, 0.5) is 5.69 Å². The van der Waals surface area contributed by atoms with Gasteiger partial charge in [0.15, 0.2) is 0 Å². The van der Waals surface area contributed by atoms with E-state index in [9.17, 15) is 4.79 Å². The van der Waals surface area contributed by atoms with Gasteiger partial charge in [-0.3, -0.25) is 4.79 Å². The first-order valence-corrected chi connectivity index (χ1v) is 11.4. The molecule has 1 aliphatic carbocycles. The maximum absolute atomic E-state index is 13.0. The van der Waals surface area contributed by atoms with E-state index in [4.69, 9.17) is 10.1 Å². The van der Waals surface area contributed by atoms with Gasteiger partial charge in [-0.2, -0.15) is 0 Å². The molecule has 4 rings (SSSR count). The lowest BCUT2D eigenvalue weighted by Gasteiger charge is -2.18. The zero-order valence-corrected chi connectivity index (χ0v) is 18.7. The van der Waals surface area contributed by atoms with E-state index in [1.807, 2.05) is 61.0 Å². The van der Waals surface area contributed by atoms with Gasteiger partial charge in [-0.05, 0) is 55.9 Å². The molecule has 2 aromatic carbocycles. The number of aryl methyl sites for hydroxylation is 1. The first-order chi connectivity index (χ1) is 14.4. The number of nitrogens with one attached hydrogen (secondary N) is 1. The number of rotatable bonds is 7. The molecule has 5 nitrogen and oxygen atoms in total. The lowest BCUT2D eigenvalue weighted by molar-refractivity contribution is -0.115. The largest absolute Gasteiger partial charge is 0.325 e. The molecular formula is C24H28N4OS. The summed E-state index contributed by atoms with van der Waals surface area (Å²) in [4.78, 5) is 17.7. The highest BCUT2D eigenvalue weighted by molar-refractivity contribution is 8.00. The second-order valence-electron chi connectivity index (χ2n) is 8.22. The number of carbonyl (C=O) groups is 1. The van der Waals surface area contributed by atoms with Crippen molar-refractivity contribution < 1.29 is 4.79 Å². The normalized spacial score (nSPS) is 14.7. The molecule has 0 radical (unpaired) electrons. The molecule has 1 saturated carbocycles. The van der Waals surface area contributed by atoms with Crippen LogP contribution in [-0.2, 0) is 4.79 Å². The van der Waals surface area contributed by atoms with Crippen LogP contribution in [0.15, 0.2) is 53.7 Å². The van der Waals surface area contributed by atoms with Crippen molar-refractivity contribution in [3.05, 3.63) is 65.5 Å². The van der Waals surface area contributed by atoms with E-state index in [2.05, 4.69) is 25.2 Å². The Kier molecular flexibility index (Phi) is 5.95. The summed E-state index contributed by atoms with van der Waals surface area (Å²) in [7, 11) is 0. The summed E-state index contributed by atoms with van der Waals surface area (Å²) < 4.78 is 1.93. The summed E-state index contributed by atoms with van der Waals surface area (Å²) in [6.45, 7) is 8.22. The van der Waals surface area contributed by atoms with Crippen molar-refractivity contribution >= 4 is 23.4 Å². The van der Waals surface area contributed by atoms with Gasteiger partial charge in [0.25, 0.3) is 0 Å². The Balaban J connectivity index is 1.52. The van der Waals surface area contributed by atoms with Crippen LogP contribution in [-0.4, -0.2) is 25.9 Å². The Morgan fingerprint density at radius 1 is 1.10 bits per heavy atom. The highest BCUT2D eigenvalue weighted by atomic mass is 32.2. The number of nitrogens with zero attached hydrogens (tertiary/aromatic N) is 3. The molecule has 1 heterocycles. The minimum absolute atomic E-state index is 0.0276. The predicted octanol–water partition coefficient (Wildman–Crippen LogP) is 5.70. The topological polar surface area (TPSA) is 59.8 Å². The Morgan fingerprint density at radius 3 is 2.50 bits per heavy atom. The van der Waals surface area contributed by atoms with Crippen LogP contribution in [0.25, 0.3) is 5.69 Å². The van der Waals surface area contributed by atoms with Crippen molar-refractivity contribution in [2.24, 2.45) is 0 Å². The van der Waals surface area contributed by atoms with Gasteiger partial charge in [-0.15, -0.1) is 5.10 Å². The van der Waals surface area contributed by atoms with Crippen LogP contribution in [0, 0.1) is 6.92 Å². The second kappa shape index (κ2) is 8.64. The lowest BCUT2D eigenvalue weighted by Crippen LogP contribution is -2.24. The number of aromatic nitrogens is 3. The maximum Gasteiger partial charge on any atom is 0.237 e. The molecule has 30 heavy (non-hydrogen) atoms. The van der Waals surface area contributed by atoms with Crippen molar-refractivity contribution in [1.82, 2.24) is 14.8 Å². The molecular weight excluding hydrogens is 392 g/mol. The van der Waals surface area contributed by atoms with Gasteiger partial charge in [-0.1, -0.05) is 62.0 Å². The molecule has 0 saturated heterocycles. The van der Waals surface area contributed by atoms with E-state index in [0.29, 0.717) is 17.0 Å². The maximum atomic E-state index is 13.0. The standard InChI is InChI=1S/C24H28N4OS/c1-15(2)20-12-8-9-16(3)21(20)25-23(29)17(4)30-24-26-22(18-13-14-18)28(27-24)19-10-6-5-7-11-19/h5-12,15,17-18H,13-14H2,1-4H3,(H,25,29)/t17-/m1/s1. The number of para-hydroxylation sites is 2. The van der Waals surface area contributed by atoms with E-state index in [1.54, 1.807) is 0 Å². The third-order valence-electron chi connectivity index (χ3n) is 5.38.